The Morgan fingerprint density at radius 1 is 1.41 bits per heavy atom. The molecule has 0 amide bonds. The molecule has 0 saturated heterocycles. The van der Waals surface area contributed by atoms with Gasteiger partial charge in [0.05, 0.1) is 5.60 Å². The van der Waals surface area contributed by atoms with E-state index in [1.54, 1.807) is 0 Å². The first kappa shape index (κ1) is 14.7. The maximum absolute atomic E-state index is 6.61. The molecule has 17 heavy (non-hydrogen) atoms. The Kier molecular flexibility index (Phi) is 4.10. The molecule has 0 bridgehead atoms. The van der Waals surface area contributed by atoms with Crippen LogP contribution in [0.25, 0.3) is 0 Å². The van der Waals surface area contributed by atoms with Gasteiger partial charge >= 0.3 is 0 Å². The van der Waals surface area contributed by atoms with Crippen LogP contribution in [0.4, 0.5) is 0 Å². The van der Waals surface area contributed by atoms with E-state index in [0.717, 1.165) is 19.3 Å². The van der Waals surface area contributed by atoms with Crippen molar-refractivity contribution in [3.05, 3.63) is 24.3 Å². The Labute approximate surface area is 108 Å². The smallest absolute Gasteiger partial charge is 0.192 e. The molecule has 0 aliphatic heterocycles. The van der Waals surface area contributed by atoms with E-state index in [-0.39, 0.29) is 10.6 Å². The average molecular weight is 252 g/mol. The SMILES string of the molecule is C=CC1=CCCC(C)(O[Si](C)(C)C(C)(C)C)C1. The summed E-state index contributed by atoms with van der Waals surface area (Å²) in [6, 6.07) is 0. The first-order chi connectivity index (χ1) is 7.60. The Morgan fingerprint density at radius 2 is 2.00 bits per heavy atom. The summed E-state index contributed by atoms with van der Waals surface area (Å²) in [6.45, 7) is 17.7. The number of hydrogen-bond donors (Lipinski definition) is 0. The van der Waals surface area contributed by atoms with E-state index in [2.05, 4.69) is 53.4 Å². The van der Waals surface area contributed by atoms with Crippen molar-refractivity contribution in [1.82, 2.24) is 0 Å². The lowest BCUT2D eigenvalue weighted by atomic mass is 9.86. The van der Waals surface area contributed by atoms with Gasteiger partial charge in [0.25, 0.3) is 0 Å². The van der Waals surface area contributed by atoms with E-state index in [0.29, 0.717) is 0 Å². The first-order valence-corrected chi connectivity index (χ1v) is 9.52. The number of hydrogen-bond acceptors (Lipinski definition) is 1. The highest BCUT2D eigenvalue weighted by Crippen LogP contribution is 2.42. The molecule has 0 radical (unpaired) electrons. The van der Waals surface area contributed by atoms with Gasteiger partial charge in [0.1, 0.15) is 0 Å². The molecule has 1 nitrogen and oxygen atoms in total. The molecule has 0 heterocycles. The minimum Gasteiger partial charge on any atom is -0.411 e. The Morgan fingerprint density at radius 3 is 2.47 bits per heavy atom. The van der Waals surface area contributed by atoms with Crippen molar-refractivity contribution in [3.63, 3.8) is 0 Å². The molecule has 0 aromatic heterocycles. The Hall–Kier alpha value is -0.343. The lowest BCUT2D eigenvalue weighted by Gasteiger charge is -2.45. The summed E-state index contributed by atoms with van der Waals surface area (Å²) in [6.07, 6.45) is 7.54. The van der Waals surface area contributed by atoms with Gasteiger partial charge < -0.3 is 4.43 Å². The maximum Gasteiger partial charge on any atom is 0.192 e. The standard InChI is InChI=1S/C15H28OSi/c1-8-13-10-9-11-15(5,12-13)16-17(6,7)14(2,3)4/h8,10H,1,9,11-12H2,2-7H3. The highest BCUT2D eigenvalue weighted by molar-refractivity contribution is 6.74. The lowest BCUT2D eigenvalue weighted by Crippen LogP contribution is -2.49. The summed E-state index contributed by atoms with van der Waals surface area (Å²) in [5, 5.41) is 0.283. The predicted molar refractivity (Wildman–Crippen MR) is 78.8 cm³/mol. The van der Waals surface area contributed by atoms with Gasteiger partial charge in [-0.1, -0.05) is 39.5 Å². The van der Waals surface area contributed by atoms with Crippen LogP contribution in [0.1, 0.15) is 47.0 Å². The van der Waals surface area contributed by atoms with Crippen LogP contribution in [0.3, 0.4) is 0 Å². The molecule has 1 atom stereocenters. The topological polar surface area (TPSA) is 9.23 Å². The van der Waals surface area contributed by atoms with Gasteiger partial charge in [-0.25, -0.2) is 0 Å². The molecule has 1 aliphatic carbocycles. The summed E-state index contributed by atoms with van der Waals surface area (Å²) in [5.74, 6) is 0. The largest absolute Gasteiger partial charge is 0.411 e. The fraction of sp³-hybridized carbons (Fsp3) is 0.733. The van der Waals surface area contributed by atoms with Crippen molar-refractivity contribution >= 4 is 8.32 Å². The third-order valence-corrected chi connectivity index (χ3v) is 8.84. The van der Waals surface area contributed by atoms with Crippen molar-refractivity contribution in [1.29, 1.82) is 0 Å². The van der Waals surface area contributed by atoms with Gasteiger partial charge in [-0.15, -0.1) is 0 Å². The highest BCUT2D eigenvalue weighted by atomic mass is 28.4. The summed E-state index contributed by atoms with van der Waals surface area (Å²) in [7, 11) is -1.67. The van der Waals surface area contributed by atoms with Crippen molar-refractivity contribution in [3.8, 4) is 0 Å². The zero-order valence-electron chi connectivity index (χ0n) is 12.4. The van der Waals surface area contributed by atoms with Crippen LogP contribution in [0.2, 0.25) is 18.1 Å². The lowest BCUT2D eigenvalue weighted by molar-refractivity contribution is 0.0605. The normalized spacial score (nSPS) is 26.6. The molecule has 0 N–H and O–H groups in total. The molecule has 0 aromatic rings. The minimum atomic E-state index is -1.67. The monoisotopic (exact) mass is 252 g/mol. The Bertz CT molecular complexity index is 322. The molecule has 0 spiro atoms. The van der Waals surface area contributed by atoms with Crippen molar-refractivity contribution in [2.45, 2.75) is 70.7 Å². The number of allylic oxidation sites excluding steroid dienone is 2. The van der Waals surface area contributed by atoms with E-state index in [9.17, 15) is 0 Å². The molecule has 0 saturated carbocycles. The summed E-state index contributed by atoms with van der Waals surface area (Å²) < 4.78 is 6.61. The van der Waals surface area contributed by atoms with Gasteiger partial charge in [-0.05, 0) is 49.9 Å². The van der Waals surface area contributed by atoms with E-state index < -0.39 is 8.32 Å². The van der Waals surface area contributed by atoms with Crippen LogP contribution >= 0.6 is 0 Å². The zero-order chi connectivity index (χ0) is 13.3. The fourth-order valence-corrected chi connectivity index (χ4v) is 3.88. The highest BCUT2D eigenvalue weighted by Gasteiger charge is 2.43. The van der Waals surface area contributed by atoms with E-state index >= 15 is 0 Å². The van der Waals surface area contributed by atoms with Gasteiger partial charge in [-0.2, -0.15) is 0 Å². The second-order valence-electron chi connectivity index (χ2n) is 7.01. The molecule has 1 unspecified atom stereocenters. The Balaban J connectivity index is 2.81. The molecule has 1 aliphatic rings. The van der Waals surface area contributed by atoms with Crippen LogP contribution in [0.5, 0.6) is 0 Å². The molecule has 0 fully saturated rings. The molecular weight excluding hydrogens is 224 g/mol. The van der Waals surface area contributed by atoms with Gasteiger partial charge in [-0.3, -0.25) is 0 Å². The average Bonchev–Trinajstić information content (AvgIpc) is 2.14. The van der Waals surface area contributed by atoms with E-state index in [1.807, 2.05) is 6.08 Å². The van der Waals surface area contributed by atoms with Crippen molar-refractivity contribution in [2.75, 3.05) is 0 Å². The van der Waals surface area contributed by atoms with Crippen molar-refractivity contribution in [2.24, 2.45) is 0 Å². The summed E-state index contributed by atoms with van der Waals surface area (Å²) in [5.41, 5.74) is 1.36. The van der Waals surface area contributed by atoms with Gasteiger partial charge in [0, 0.05) is 0 Å². The summed E-state index contributed by atoms with van der Waals surface area (Å²) in [4.78, 5) is 0. The zero-order valence-corrected chi connectivity index (χ0v) is 13.4. The van der Waals surface area contributed by atoms with Crippen LogP contribution < -0.4 is 0 Å². The molecule has 0 aromatic carbocycles. The third-order valence-electron chi connectivity index (χ3n) is 4.23. The van der Waals surface area contributed by atoms with E-state index in [1.165, 1.54) is 5.57 Å². The number of rotatable bonds is 3. The minimum absolute atomic E-state index is 0.0152. The van der Waals surface area contributed by atoms with E-state index in [4.69, 9.17) is 4.43 Å². The van der Waals surface area contributed by atoms with Crippen LogP contribution in [0, 0.1) is 0 Å². The van der Waals surface area contributed by atoms with Crippen molar-refractivity contribution < 1.29 is 4.43 Å². The quantitative estimate of drug-likeness (QED) is 0.638. The molecule has 1 rings (SSSR count). The molecule has 2 heteroatoms. The maximum atomic E-state index is 6.61. The second-order valence-corrected chi connectivity index (χ2v) is 11.7. The van der Waals surface area contributed by atoms with Crippen LogP contribution in [-0.2, 0) is 4.43 Å². The molecular formula is C15H28OSi. The second kappa shape index (κ2) is 4.73. The molecule has 98 valence electrons. The third kappa shape index (κ3) is 3.56. The van der Waals surface area contributed by atoms with Gasteiger partial charge in [0.2, 0.25) is 0 Å². The van der Waals surface area contributed by atoms with Crippen LogP contribution in [0.15, 0.2) is 24.3 Å². The first-order valence-electron chi connectivity index (χ1n) is 6.61. The fourth-order valence-electron chi connectivity index (χ4n) is 2.17. The predicted octanol–water partition coefficient (Wildman–Crippen LogP) is 5.06. The van der Waals surface area contributed by atoms with Gasteiger partial charge in [0.15, 0.2) is 8.32 Å². The van der Waals surface area contributed by atoms with Crippen LogP contribution in [-0.4, -0.2) is 13.9 Å². The summed E-state index contributed by atoms with van der Waals surface area (Å²) >= 11 is 0.